The summed E-state index contributed by atoms with van der Waals surface area (Å²) >= 11 is 0. The molecule has 0 aliphatic rings. The van der Waals surface area contributed by atoms with Gasteiger partial charge in [0.15, 0.2) is 0 Å². The number of aryl methyl sites for hydroxylation is 1. The maximum absolute atomic E-state index is 10.9. The topological polar surface area (TPSA) is 69.0 Å². The summed E-state index contributed by atoms with van der Waals surface area (Å²) in [6.45, 7) is 1.26. The zero-order valence-corrected chi connectivity index (χ0v) is 10.7. The van der Waals surface area contributed by atoms with Crippen molar-refractivity contribution in [3.05, 3.63) is 36.7 Å². The number of pyridine rings is 1. The van der Waals surface area contributed by atoms with Crippen LogP contribution in [0, 0.1) is 0 Å². The van der Waals surface area contributed by atoms with Crippen LogP contribution in [0.5, 0.6) is 0 Å². The lowest BCUT2D eigenvalue weighted by atomic mass is 10.2. The molecule has 1 amide bonds. The first-order valence-electron chi connectivity index (χ1n) is 6.06. The molecule has 0 fully saturated rings. The van der Waals surface area contributed by atoms with Crippen molar-refractivity contribution < 1.29 is 9.53 Å². The van der Waals surface area contributed by atoms with Crippen molar-refractivity contribution in [1.82, 2.24) is 20.1 Å². The molecule has 0 aliphatic carbocycles. The number of carbonyl (C=O) groups is 1. The number of hydrogen-bond acceptors (Lipinski definition) is 4. The van der Waals surface area contributed by atoms with Gasteiger partial charge in [0, 0.05) is 25.5 Å². The van der Waals surface area contributed by atoms with E-state index in [4.69, 9.17) is 0 Å². The van der Waals surface area contributed by atoms with Crippen LogP contribution in [0.2, 0.25) is 0 Å². The summed E-state index contributed by atoms with van der Waals surface area (Å²) in [5.74, 6) is 0. The summed E-state index contributed by atoms with van der Waals surface area (Å²) in [5, 5.41) is 6.90. The third-order valence-corrected chi connectivity index (χ3v) is 2.65. The van der Waals surface area contributed by atoms with Gasteiger partial charge < -0.3 is 10.1 Å². The molecule has 2 rings (SSSR count). The van der Waals surface area contributed by atoms with Gasteiger partial charge in [-0.15, -0.1) is 0 Å². The zero-order chi connectivity index (χ0) is 13.5. The van der Waals surface area contributed by atoms with Crippen LogP contribution in [0.1, 0.15) is 6.42 Å². The van der Waals surface area contributed by atoms with Crippen molar-refractivity contribution >= 4 is 6.09 Å². The summed E-state index contributed by atoms with van der Waals surface area (Å²) in [7, 11) is 1.35. The molecule has 6 nitrogen and oxygen atoms in total. The highest BCUT2D eigenvalue weighted by Gasteiger charge is 2.06. The molecule has 2 heterocycles. The number of alkyl carbamates (subject to hydrolysis) is 1. The SMILES string of the molecule is COC(=O)NCCCn1nccc1-c1ccccn1. The Labute approximate surface area is 111 Å². The second-order valence-electron chi connectivity index (χ2n) is 3.93. The number of rotatable bonds is 5. The van der Waals surface area contributed by atoms with Gasteiger partial charge in [0.1, 0.15) is 0 Å². The number of methoxy groups -OCH3 is 1. The highest BCUT2D eigenvalue weighted by atomic mass is 16.5. The molecule has 0 aliphatic heterocycles. The van der Waals surface area contributed by atoms with E-state index >= 15 is 0 Å². The molecule has 6 heteroatoms. The Morgan fingerprint density at radius 1 is 1.37 bits per heavy atom. The van der Waals surface area contributed by atoms with E-state index in [0.717, 1.165) is 17.8 Å². The summed E-state index contributed by atoms with van der Waals surface area (Å²) in [4.78, 5) is 15.2. The molecule has 0 atom stereocenters. The quantitative estimate of drug-likeness (QED) is 0.831. The lowest BCUT2D eigenvalue weighted by Crippen LogP contribution is -2.25. The fraction of sp³-hybridized carbons (Fsp3) is 0.308. The minimum atomic E-state index is -0.412. The Bertz CT molecular complexity index is 524. The van der Waals surface area contributed by atoms with Gasteiger partial charge in [-0.2, -0.15) is 5.10 Å². The van der Waals surface area contributed by atoms with Crippen LogP contribution in [-0.4, -0.2) is 34.5 Å². The van der Waals surface area contributed by atoms with Crippen molar-refractivity contribution in [3.63, 3.8) is 0 Å². The average molecular weight is 260 g/mol. The molecule has 0 spiro atoms. The number of ether oxygens (including phenoxy) is 1. The molecule has 0 radical (unpaired) electrons. The maximum Gasteiger partial charge on any atom is 0.406 e. The van der Waals surface area contributed by atoms with E-state index in [2.05, 4.69) is 20.1 Å². The van der Waals surface area contributed by atoms with E-state index in [9.17, 15) is 4.79 Å². The summed E-state index contributed by atoms with van der Waals surface area (Å²) in [5.41, 5.74) is 1.86. The number of nitrogens with one attached hydrogen (secondary N) is 1. The molecule has 19 heavy (non-hydrogen) atoms. The fourth-order valence-corrected chi connectivity index (χ4v) is 1.73. The standard InChI is InChI=1S/C13H16N4O2/c1-19-13(18)15-8-4-10-17-12(6-9-16-17)11-5-2-3-7-14-11/h2-3,5-7,9H,4,8,10H2,1H3,(H,15,18). The lowest BCUT2D eigenvalue weighted by molar-refractivity contribution is 0.170. The minimum absolute atomic E-state index is 0.412. The van der Waals surface area contributed by atoms with Crippen LogP contribution in [0.3, 0.4) is 0 Å². The van der Waals surface area contributed by atoms with E-state index in [1.54, 1.807) is 12.4 Å². The Balaban J connectivity index is 1.92. The molecule has 0 saturated carbocycles. The van der Waals surface area contributed by atoms with Crippen molar-refractivity contribution in [1.29, 1.82) is 0 Å². The zero-order valence-electron chi connectivity index (χ0n) is 10.7. The molecular formula is C13H16N4O2. The van der Waals surface area contributed by atoms with Gasteiger partial charge in [-0.05, 0) is 24.6 Å². The van der Waals surface area contributed by atoms with Crippen LogP contribution in [0.25, 0.3) is 11.4 Å². The van der Waals surface area contributed by atoms with Gasteiger partial charge >= 0.3 is 6.09 Å². The third-order valence-electron chi connectivity index (χ3n) is 2.65. The molecule has 100 valence electrons. The number of nitrogens with zero attached hydrogens (tertiary/aromatic N) is 3. The number of carbonyl (C=O) groups excluding carboxylic acids is 1. The Hall–Kier alpha value is -2.37. The predicted molar refractivity (Wildman–Crippen MR) is 70.5 cm³/mol. The van der Waals surface area contributed by atoms with Gasteiger partial charge in [0.2, 0.25) is 0 Å². The first-order chi connectivity index (χ1) is 9.31. The number of aromatic nitrogens is 3. The fourth-order valence-electron chi connectivity index (χ4n) is 1.73. The summed E-state index contributed by atoms with van der Waals surface area (Å²) in [6, 6.07) is 7.69. The molecule has 2 aromatic rings. The molecule has 0 saturated heterocycles. The smallest absolute Gasteiger partial charge is 0.406 e. The van der Waals surface area contributed by atoms with E-state index in [-0.39, 0.29) is 0 Å². The van der Waals surface area contributed by atoms with E-state index < -0.39 is 6.09 Å². The van der Waals surface area contributed by atoms with E-state index in [1.807, 2.05) is 28.9 Å². The van der Waals surface area contributed by atoms with Crippen molar-refractivity contribution in [2.45, 2.75) is 13.0 Å². The van der Waals surface area contributed by atoms with E-state index in [1.165, 1.54) is 7.11 Å². The van der Waals surface area contributed by atoms with Crippen LogP contribution in [-0.2, 0) is 11.3 Å². The number of amides is 1. The van der Waals surface area contributed by atoms with Crippen LogP contribution in [0.15, 0.2) is 36.7 Å². The second-order valence-corrected chi connectivity index (χ2v) is 3.93. The van der Waals surface area contributed by atoms with Gasteiger partial charge in [-0.25, -0.2) is 4.79 Å². The monoisotopic (exact) mass is 260 g/mol. The maximum atomic E-state index is 10.9. The average Bonchev–Trinajstić information content (AvgIpc) is 2.92. The van der Waals surface area contributed by atoms with Crippen molar-refractivity contribution in [3.8, 4) is 11.4 Å². The highest BCUT2D eigenvalue weighted by Crippen LogP contribution is 2.15. The van der Waals surface area contributed by atoms with Crippen LogP contribution in [0.4, 0.5) is 4.79 Å². The van der Waals surface area contributed by atoms with Crippen molar-refractivity contribution in [2.24, 2.45) is 0 Å². The molecular weight excluding hydrogens is 244 g/mol. The van der Waals surface area contributed by atoms with Crippen molar-refractivity contribution in [2.75, 3.05) is 13.7 Å². The van der Waals surface area contributed by atoms with Crippen LogP contribution < -0.4 is 5.32 Å². The third kappa shape index (κ3) is 3.54. The summed E-state index contributed by atoms with van der Waals surface area (Å²) in [6.07, 6.45) is 3.87. The Morgan fingerprint density at radius 2 is 2.26 bits per heavy atom. The number of hydrogen-bond donors (Lipinski definition) is 1. The normalized spacial score (nSPS) is 10.2. The summed E-state index contributed by atoms with van der Waals surface area (Å²) < 4.78 is 6.37. The van der Waals surface area contributed by atoms with E-state index in [0.29, 0.717) is 13.1 Å². The first-order valence-corrected chi connectivity index (χ1v) is 6.06. The lowest BCUT2D eigenvalue weighted by Gasteiger charge is -2.07. The predicted octanol–water partition coefficient (Wildman–Crippen LogP) is 1.69. The van der Waals surface area contributed by atoms with Crippen LogP contribution >= 0.6 is 0 Å². The second kappa shape index (κ2) is 6.53. The van der Waals surface area contributed by atoms with Gasteiger partial charge in [-0.3, -0.25) is 9.67 Å². The first kappa shape index (κ1) is 13.1. The van der Waals surface area contributed by atoms with Gasteiger partial charge in [0.05, 0.1) is 18.5 Å². The molecule has 0 unspecified atom stereocenters. The highest BCUT2D eigenvalue weighted by molar-refractivity contribution is 5.66. The van der Waals surface area contributed by atoms with Gasteiger partial charge in [0.25, 0.3) is 0 Å². The minimum Gasteiger partial charge on any atom is -0.453 e. The molecule has 0 aromatic carbocycles. The van der Waals surface area contributed by atoms with Gasteiger partial charge in [-0.1, -0.05) is 6.07 Å². The molecule has 2 aromatic heterocycles. The molecule has 1 N–H and O–H groups in total. The Morgan fingerprint density at radius 3 is 3.00 bits per heavy atom. The Kier molecular flexibility index (Phi) is 4.49. The molecule has 0 bridgehead atoms. The largest absolute Gasteiger partial charge is 0.453 e.